The molecular formula is C13H17N3. The second-order valence-corrected chi connectivity index (χ2v) is 4.62. The lowest BCUT2D eigenvalue weighted by molar-refractivity contribution is 0.425. The maximum Gasteiger partial charge on any atom is 0.137 e. The molecule has 1 aliphatic rings. The van der Waals surface area contributed by atoms with E-state index in [1.165, 1.54) is 17.8 Å². The number of fused-ring (bicyclic) bond motifs is 3. The Bertz CT molecular complexity index is 501. The zero-order valence-electron chi connectivity index (χ0n) is 9.39. The molecule has 0 saturated carbocycles. The molecule has 2 aromatic rings. The third-order valence-corrected chi connectivity index (χ3v) is 3.56. The summed E-state index contributed by atoms with van der Waals surface area (Å²) >= 11 is 0. The molecule has 1 aliphatic carbocycles. The molecule has 0 aromatic carbocycles. The standard InChI is InChI=1S/C13H17N3/c14-7-6-10-4-5-12-11(9-10)15-13-3-1-2-8-16(12)13/h1-3,8,10H,4-7,9,14H2. The molecular weight excluding hydrogens is 198 g/mol. The molecule has 84 valence electrons. The molecule has 3 rings (SSSR count). The molecule has 1 atom stereocenters. The summed E-state index contributed by atoms with van der Waals surface area (Å²) in [6.45, 7) is 0.799. The van der Waals surface area contributed by atoms with E-state index in [2.05, 4.69) is 22.7 Å². The van der Waals surface area contributed by atoms with Crippen molar-refractivity contribution in [1.82, 2.24) is 9.38 Å². The van der Waals surface area contributed by atoms with E-state index < -0.39 is 0 Å². The van der Waals surface area contributed by atoms with Crippen molar-refractivity contribution in [1.29, 1.82) is 0 Å². The van der Waals surface area contributed by atoms with Gasteiger partial charge in [0.15, 0.2) is 0 Å². The predicted octanol–water partition coefficient (Wildman–Crippen LogP) is 1.79. The van der Waals surface area contributed by atoms with Crippen molar-refractivity contribution in [2.45, 2.75) is 25.7 Å². The third kappa shape index (κ3) is 1.52. The topological polar surface area (TPSA) is 43.3 Å². The van der Waals surface area contributed by atoms with Crippen LogP contribution < -0.4 is 5.73 Å². The van der Waals surface area contributed by atoms with E-state index in [-0.39, 0.29) is 0 Å². The van der Waals surface area contributed by atoms with Gasteiger partial charge < -0.3 is 10.1 Å². The Balaban J connectivity index is 1.99. The Morgan fingerprint density at radius 2 is 2.38 bits per heavy atom. The van der Waals surface area contributed by atoms with Gasteiger partial charge in [0.25, 0.3) is 0 Å². The van der Waals surface area contributed by atoms with Gasteiger partial charge in [-0.15, -0.1) is 0 Å². The molecule has 2 N–H and O–H groups in total. The molecule has 0 fully saturated rings. The quantitative estimate of drug-likeness (QED) is 0.830. The van der Waals surface area contributed by atoms with Gasteiger partial charge in [0.2, 0.25) is 0 Å². The number of pyridine rings is 1. The van der Waals surface area contributed by atoms with Gasteiger partial charge in [0.1, 0.15) is 5.65 Å². The molecule has 1 unspecified atom stereocenters. The summed E-state index contributed by atoms with van der Waals surface area (Å²) in [5, 5.41) is 0. The fourth-order valence-corrected chi connectivity index (χ4v) is 2.72. The van der Waals surface area contributed by atoms with Crippen LogP contribution in [0, 0.1) is 5.92 Å². The Kier molecular flexibility index (Phi) is 2.40. The highest BCUT2D eigenvalue weighted by Crippen LogP contribution is 2.27. The molecule has 2 heterocycles. The minimum Gasteiger partial charge on any atom is -0.330 e. The minimum atomic E-state index is 0.738. The Labute approximate surface area is 95.3 Å². The van der Waals surface area contributed by atoms with E-state index in [9.17, 15) is 0 Å². The maximum absolute atomic E-state index is 5.63. The molecule has 0 radical (unpaired) electrons. The fourth-order valence-electron chi connectivity index (χ4n) is 2.72. The highest BCUT2D eigenvalue weighted by atomic mass is 15.0. The van der Waals surface area contributed by atoms with Gasteiger partial charge in [-0.1, -0.05) is 6.07 Å². The highest BCUT2D eigenvalue weighted by Gasteiger charge is 2.22. The van der Waals surface area contributed by atoms with E-state index in [1.807, 2.05) is 6.07 Å². The first-order chi connectivity index (χ1) is 7.88. The van der Waals surface area contributed by atoms with Crippen LogP contribution in [-0.2, 0) is 12.8 Å². The zero-order chi connectivity index (χ0) is 11.0. The van der Waals surface area contributed by atoms with Crippen molar-refractivity contribution in [3.8, 4) is 0 Å². The van der Waals surface area contributed by atoms with Crippen LogP contribution in [0.15, 0.2) is 24.4 Å². The summed E-state index contributed by atoms with van der Waals surface area (Å²) in [5.74, 6) is 0.738. The van der Waals surface area contributed by atoms with E-state index in [0.717, 1.165) is 37.4 Å². The van der Waals surface area contributed by atoms with Crippen LogP contribution in [0.1, 0.15) is 24.2 Å². The van der Waals surface area contributed by atoms with Crippen LogP contribution >= 0.6 is 0 Å². The minimum absolute atomic E-state index is 0.738. The summed E-state index contributed by atoms with van der Waals surface area (Å²) in [6.07, 6.45) is 6.75. The van der Waals surface area contributed by atoms with Crippen LogP contribution in [0.4, 0.5) is 0 Å². The lowest BCUT2D eigenvalue weighted by Crippen LogP contribution is -2.18. The van der Waals surface area contributed by atoms with Crippen LogP contribution in [0.5, 0.6) is 0 Å². The first-order valence-electron chi connectivity index (χ1n) is 6.03. The maximum atomic E-state index is 5.63. The van der Waals surface area contributed by atoms with Crippen LogP contribution in [0.25, 0.3) is 5.65 Å². The average Bonchev–Trinajstić information content (AvgIpc) is 2.67. The third-order valence-electron chi connectivity index (χ3n) is 3.56. The van der Waals surface area contributed by atoms with Crippen molar-refractivity contribution in [2.24, 2.45) is 11.7 Å². The Morgan fingerprint density at radius 3 is 3.25 bits per heavy atom. The predicted molar refractivity (Wildman–Crippen MR) is 64.4 cm³/mol. The number of aryl methyl sites for hydroxylation is 1. The van der Waals surface area contributed by atoms with Crippen molar-refractivity contribution in [3.63, 3.8) is 0 Å². The molecule has 3 nitrogen and oxygen atoms in total. The lowest BCUT2D eigenvalue weighted by Gasteiger charge is -2.20. The zero-order valence-corrected chi connectivity index (χ0v) is 9.39. The van der Waals surface area contributed by atoms with Crippen LogP contribution in [-0.4, -0.2) is 15.9 Å². The van der Waals surface area contributed by atoms with E-state index in [0.29, 0.717) is 0 Å². The Morgan fingerprint density at radius 1 is 1.44 bits per heavy atom. The largest absolute Gasteiger partial charge is 0.330 e. The molecule has 2 aromatic heterocycles. The molecule has 0 bridgehead atoms. The van der Waals surface area contributed by atoms with E-state index in [1.54, 1.807) is 0 Å². The first-order valence-corrected chi connectivity index (χ1v) is 6.03. The van der Waals surface area contributed by atoms with Gasteiger partial charge in [0.05, 0.1) is 5.69 Å². The molecule has 0 saturated heterocycles. The Hall–Kier alpha value is -1.35. The van der Waals surface area contributed by atoms with E-state index >= 15 is 0 Å². The summed E-state index contributed by atoms with van der Waals surface area (Å²) < 4.78 is 2.23. The molecule has 16 heavy (non-hydrogen) atoms. The number of hydrogen-bond acceptors (Lipinski definition) is 2. The number of nitrogens with two attached hydrogens (primary N) is 1. The van der Waals surface area contributed by atoms with Gasteiger partial charge in [0, 0.05) is 11.9 Å². The fraction of sp³-hybridized carbons (Fsp3) is 0.462. The monoisotopic (exact) mass is 215 g/mol. The average molecular weight is 215 g/mol. The summed E-state index contributed by atoms with van der Waals surface area (Å²) in [4.78, 5) is 4.71. The van der Waals surface area contributed by atoms with Crippen LogP contribution in [0.3, 0.4) is 0 Å². The van der Waals surface area contributed by atoms with Gasteiger partial charge in [-0.2, -0.15) is 0 Å². The van der Waals surface area contributed by atoms with E-state index in [4.69, 9.17) is 10.7 Å². The number of imidazole rings is 1. The molecule has 0 aliphatic heterocycles. The van der Waals surface area contributed by atoms with Crippen LogP contribution in [0.2, 0.25) is 0 Å². The van der Waals surface area contributed by atoms with Gasteiger partial charge >= 0.3 is 0 Å². The number of rotatable bonds is 2. The van der Waals surface area contributed by atoms with Gasteiger partial charge in [-0.3, -0.25) is 0 Å². The van der Waals surface area contributed by atoms with Crippen molar-refractivity contribution in [3.05, 3.63) is 35.8 Å². The van der Waals surface area contributed by atoms with Crippen molar-refractivity contribution >= 4 is 5.65 Å². The van der Waals surface area contributed by atoms with Crippen molar-refractivity contribution < 1.29 is 0 Å². The van der Waals surface area contributed by atoms with Gasteiger partial charge in [-0.05, 0) is 50.3 Å². The number of nitrogens with zero attached hydrogens (tertiary/aromatic N) is 2. The molecule has 0 spiro atoms. The smallest absolute Gasteiger partial charge is 0.137 e. The van der Waals surface area contributed by atoms with Gasteiger partial charge in [-0.25, -0.2) is 4.98 Å². The summed E-state index contributed by atoms with van der Waals surface area (Å²) in [5.41, 5.74) is 9.41. The lowest BCUT2D eigenvalue weighted by atomic mass is 9.87. The molecule has 3 heteroatoms. The second-order valence-electron chi connectivity index (χ2n) is 4.62. The second kappa shape index (κ2) is 3.91. The number of hydrogen-bond donors (Lipinski definition) is 1. The normalized spacial score (nSPS) is 19.9. The van der Waals surface area contributed by atoms with Crippen molar-refractivity contribution in [2.75, 3.05) is 6.54 Å². The SMILES string of the molecule is NCCC1CCc2c(nc3ccccn23)C1. The number of aromatic nitrogens is 2. The summed E-state index contributed by atoms with van der Waals surface area (Å²) in [7, 11) is 0. The molecule has 0 amide bonds. The highest BCUT2D eigenvalue weighted by molar-refractivity contribution is 5.43. The summed E-state index contributed by atoms with van der Waals surface area (Å²) in [6, 6.07) is 6.20. The first kappa shape index (κ1) is 9.85.